The highest BCUT2D eigenvalue weighted by Crippen LogP contribution is 2.49. The van der Waals surface area contributed by atoms with Crippen LogP contribution >= 0.6 is 0 Å². The average molecular weight is 1730 g/mol. The standard InChI is InChI=1S/C89H170O22Si5/c1-34-113(35-2,36-3)108-78-64(18)73(54-69(58-95-27)103-77-57-88(26,111-116(43-10,44-11)45-12)84(68(22)101-77)105-76-56-75(97-29)79(66(20)100-76)107-112(32,33)87(23,24)25)106-89(99-31,65(78)19)83(92)71(91)55-74(96-28)70(90)48-46-47-59(13)49-50-72(62(16)52-60(14)51-61(15)53-63(17)85(93)94)104-86-82(110-115(40-7,41-8)42-9)81(80(98-30)67(21)102-86)109-114(37-4,38-5)39-6/h47,49-53,62,64-84,86,90-92H,34-46,48,54-58H2,1-33H3,(H,93,94)/b50-49+,59-47+,60-52+,61-51+,63-53+/t62-,64+,65-,66-,67+,68+,69-,70+,71+,72?,73-,74+,75-,76+,77+,78+,79-,80+,81-,82+,83-,84+,86+,88+,89-/m1/s1. The van der Waals surface area contributed by atoms with Gasteiger partial charge >= 0.3 is 5.97 Å². The van der Waals surface area contributed by atoms with Gasteiger partial charge in [0, 0.05) is 84.6 Å². The summed E-state index contributed by atoms with van der Waals surface area (Å²) >= 11 is 0. The van der Waals surface area contributed by atoms with Crippen LogP contribution in [0.4, 0.5) is 0 Å². The number of hydrogen-bond donors (Lipinski definition) is 4. The Morgan fingerprint density at radius 2 is 1.14 bits per heavy atom. The molecule has 22 nitrogen and oxygen atoms in total. The summed E-state index contributed by atoms with van der Waals surface area (Å²) in [5, 5.41) is 47.3. The molecular weight excluding hydrogens is 1560 g/mol. The average Bonchev–Trinajstić information content (AvgIpc) is 0.745. The molecule has 0 bridgehead atoms. The quantitative estimate of drug-likeness (QED) is 0.0251. The Labute approximate surface area is 709 Å². The highest BCUT2D eigenvalue weighted by molar-refractivity contribution is 6.75. The van der Waals surface area contributed by atoms with Crippen LogP contribution in [0.25, 0.3) is 0 Å². The number of carbonyl (C=O) groups is 1. The zero-order valence-corrected chi connectivity index (χ0v) is 83.8. The number of carboxylic acids is 1. The maximum absolute atomic E-state index is 13.0. The molecule has 0 aromatic heterocycles. The number of allylic oxidation sites excluding steroid dienone is 7. The number of rotatable bonds is 51. The Bertz CT molecular complexity index is 2990. The number of aliphatic carboxylic acids is 1. The molecule has 4 heterocycles. The lowest BCUT2D eigenvalue weighted by Crippen LogP contribution is -2.68. The van der Waals surface area contributed by atoms with Crippen LogP contribution in [0, 0.1) is 17.8 Å². The van der Waals surface area contributed by atoms with E-state index in [-0.39, 0.29) is 72.7 Å². The number of hydrogen-bond acceptors (Lipinski definition) is 21. The third kappa shape index (κ3) is 27.7. The minimum atomic E-state index is -2.37. The van der Waals surface area contributed by atoms with Crippen molar-refractivity contribution in [1.29, 1.82) is 0 Å². The molecule has 0 saturated carbocycles. The van der Waals surface area contributed by atoms with Crippen molar-refractivity contribution in [3.8, 4) is 0 Å². The van der Waals surface area contributed by atoms with Crippen LogP contribution in [0.1, 0.15) is 219 Å². The van der Waals surface area contributed by atoms with E-state index < -0.39 is 163 Å². The van der Waals surface area contributed by atoms with Crippen LogP contribution in [0.3, 0.4) is 0 Å². The zero-order valence-electron chi connectivity index (χ0n) is 78.8. The first-order valence-electron chi connectivity index (χ1n) is 44.7. The van der Waals surface area contributed by atoms with Gasteiger partial charge in [-0.15, -0.1) is 0 Å². The van der Waals surface area contributed by atoms with Crippen molar-refractivity contribution >= 4 is 47.6 Å². The molecule has 25 atom stereocenters. The molecule has 0 spiro atoms. The Morgan fingerprint density at radius 1 is 0.612 bits per heavy atom. The first kappa shape index (κ1) is 107. The van der Waals surface area contributed by atoms with E-state index in [0.717, 1.165) is 89.2 Å². The van der Waals surface area contributed by atoms with Gasteiger partial charge in [0.1, 0.15) is 30.5 Å². The molecule has 4 fully saturated rings. The van der Waals surface area contributed by atoms with Gasteiger partial charge in [-0.1, -0.05) is 172 Å². The van der Waals surface area contributed by atoms with Crippen molar-refractivity contribution in [1.82, 2.24) is 0 Å². The summed E-state index contributed by atoms with van der Waals surface area (Å²) < 4.78 is 118. The molecule has 0 aliphatic carbocycles. The van der Waals surface area contributed by atoms with Crippen LogP contribution in [-0.4, -0.2) is 244 Å². The summed E-state index contributed by atoms with van der Waals surface area (Å²) in [6, 6.07) is 11.0. The molecule has 4 saturated heterocycles. The molecule has 4 N–H and O–H groups in total. The van der Waals surface area contributed by atoms with Gasteiger partial charge in [0.25, 0.3) is 0 Å². The Hall–Kier alpha value is -1.55. The zero-order chi connectivity index (χ0) is 87.9. The third-order valence-corrected chi connectivity index (χ3v) is 51.0. The predicted octanol–water partition coefficient (Wildman–Crippen LogP) is 18.9. The minimum absolute atomic E-state index is 0.00381. The van der Waals surface area contributed by atoms with E-state index in [4.69, 9.17) is 79.0 Å². The highest BCUT2D eigenvalue weighted by Gasteiger charge is 2.61. The number of methoxy groups -OCH3 is 5. The molecule has 27 heteroatoms. The lowest BCUT2D eigenvalue weighted by atomic mass is 9.76. The van der Waals surface area contributed by atoms with Crippen LogP contribution in [0.2, 0.25) is 90.7 Å². The summed E-state index contributed by atoms with van der Waals surface area (Å²) in [5.74, 6) is -3.84. The van der Waals surface area contributed by atoms with Gasteiger partial charge in [0.2, 0.25) is 5.79 Å². The van der Waals surface area contributed by atoms with Crippen molar-refractivity contribution in [2.45, 2.75) is 443 Å². The lowest BCUT2D eigenvalue weighted by Gasteiger charge is -2.55. The van der Waals surface area contributed by atoms with Crippen LogP contribution in [0.5, 0.6) is 0 Å². The molecule has 678 valence electrons. The van der Waals surface area contributed by atoms with Gasteiger partial charge in [-0.05, 0) is 165 Å². The molecule has 116 heavy (non-hydrogen) atoms. The van der Waals surface area contributed by atoms with Crippen molar-refractivity contribution in [3.63, 3.8) is 0 Å². The van der Waals surface area contributed by atoms with Crippen molar-refractivity contribution in [3.05, 3.63) is 58.7 Å². The van der Waals surface area contributed by atoms with Gasteiger partial charge in [0.05, 0.1) is 85.5 Å². The van der Waals surface area contributed by atoms with E-state index in [1.807, 2.05) is 60.6 Å². The Balaban J connectivity index is 1.71. The fourth-order valence-corrected chi connectivity index (χ4v) is 31.3. The lowest BCUT2D eigenvalue weighted by molar-refractivity contribution is -0.372. The molecule has 1 unspecified atom stereocenters. The van der Waals surface area contributed by atoms with Crippen molar-refractivity contribution in [2.75, 3.05) is 42.2 Å². The monoisotopic (exact) mass is 1730 g/mol. The molecule has 4 rings (SSSR count). The molecule has 0 aromatic carbocycles. The molecule has 0 amide bonds. The fourth-order valence-electron chi connectivity index (χ4n) is 18.1. The highest BCUT2D eigenvalue weighted by atomic mass is 28.4. The second-order valence-electron chi connectivity index (χ2n) is 36.2. The molecule has 4 aliphatic heterocycles. The van der Waals surface area contributed by atoms with E-state index in [1.165, 1.54) is 14.2 Å². The summed E-state index contributed by atoms with van der Waals surface area (Å²) in [6.07, 6.45) is 0.322. The van der Waals surface area contributed by atoms with Crippen molar-refractivity contribution < 1.29 is 104 Å². The fraction of sp³-hybridized carbons (Fsp3) is 0.876. The molecule has 0 radical (unpaired) electrons. The summed E-state index contributed by atoms with van der Waals surface area (Å²) in [5.41, 5.74) is 2.03. The van der Waals surface area contributed by atoms with Gasteiger partial charge in [0.15, 0.2) is 60.5 Å². The maximum atomic E-state index is 13.0. The van der Waals surface area contributed by atoms with E-state index in [0.29, 0.717) is 19.3 Å². The smallest absolute Gasteiger partial charge is 0.331 e. The van der Waals surface area contributed by atoms with E-state index in [2.05, 4.69) is 156 Å². The van der Waals surface area contributed by atoms with E-state index >= 15 is 0 Å². The largest absolute Gasteiger partial charge is 0.478 e. The first-order valence-corrected chi connectivity index (χ1v) is 57.8. The van der Waals surface area contributed by atoms with Crippen LogP contribution in [0.15, 0.2) is 58.7 Å². The van der Waals surface area contributed by atoms with Gasteiger partial charge in [-0.25, -0.2) is 4.79 Å². The molecular formula is C89H170O22Si5. The third-order valence-electron chi connectivity index (χ3n) is 27.9. The summed E-state index contributed by atoms with van der Waals surface area (Å²) in [4.78, 5) is 11.8. The second kappa shape index (κ2) is 48.2. The number of ether oxygens (including phenoxy) is 12. The van der Waals surface area contributed by atoms with Gasteiger partial charge in [-0.3, -0.25) is 0 Å². The van der Waals surface area contributed by atoms with Gasteiger partial charge < -0.3 is 99.4 Å². The van der Waals surface area contributed by atoms with Crippen molar-refractivity contribution in [2.24, 2.45) is 17.8 Å². The number of carboxylic acid groups (broad SMARTS) is 1. The maximum Gasteiger partial charge on any atom is 0.331 e. The topological polar surface area (TPSA) is 255 Å². The van der Waals surface area contributed by atoms with Gasteiger partial charge in [-0.2, -0.15) is 0 Å². The predicted molar refractivity (Wildman–Crippen MR) is 476 cm³/mol. The Kier molecular flexibility index (Phi) is 44.4. The van der Waals surface area contributed by atoms with Crippen LogP contribution < -0.4 is 0 Å². The normalized spacial score (nSPS) is 31.5. The SMILES string of the molecule is CC[Si](CC)(CC)O[C@H]1[C@H](O[Si](CC)(CC)CC)[C@H](OC(/C=C/C(C)=C/CC[C@H](O)[C@H](C[C@H](O)[C@@H](O)[C@]2(OC)O[C@H](C[C@H](COC)O[C@H]3C[C@](C)(O[Si](CC)(CC)CC)[C@@H](O[C@H]4C[C@@H](OC)[C@H](O[Si](C)(C)C(C)(C)C)[C@@H](C)O4)[C@H](C)O3)[C@H](C)[C@H](O[Si](CC)(CC)CC)[C@H]2C)OC)[C@H](C)/C=C(C)/C=C(C)/C=C(\C)C(=O)O)O[C@@H](C)[C@@H]1OC. The van der Waals surface area contributed by atoms with E-state index in [9.17, 15) is 25.2 Å². The van der Waals surface area contributed by atoms with Crippen LogP contribution in [-0.2, 0) is 83.8 Å². The first-order chi connectivity index (χ1) is 54.4. The summed E-state index contributed by atoms with van der Waals surface area (Å²) in [7, 11) is -3.34. The summed E-state index contributed by atoms with van der Waals surface area (Å²) in [6.45, 7) is 60.1. The van der Waals surface area contributed by atoms with E-state index in [1.54, 1.807) is 34.3 Å². The second-order valence-corrected chi connectivity index (χ2v) is 59.9. The number of aliphatic hydroxyl groups is 3. The minimum Gasteiger partial charge on any atom is -0.478 e. The Morgan fingerprint density at radius 3 is 1.63 bits per heavy atom. The number of aliphatic hydroxyl groups excluding tert-OH is 3. The molecule has 0 aromatic rings. The molecule has 4 aliphatic rings.